The Kier molecular flexibility index (Phi) is 11.0. The third-order valence-electron chi connectivity index (χ3n) is 4.05. The number of aliphatic imine (C=N–C) groups is 1. The lowest BCUT2D eigenvalue weighted by molar-refractivity contribution is 0.100. The fraction of sp³-hybridized carbons (Fsp3) is 0.333. The Morgan fingerprint density at radius 1 is 1.17 bits per heavy atom. The number of benzene rings is 2. The number of hydrogen-bond acceptors (Lipinski definition) is 3. The number of nitrogens with two attached hydrogens (primary N) is 1. The first-order valence-electron chi connectivity index (χ1n) is 9.35. The molecular formula is C21H28FIN4O2. The molecule has 0 heterocycles. The summed E-state index contributed by atoms with van der Waals surface area (Å²) in [6.45, 7) is 5.69. The van der Waals surface area contributed by atoms with Crippen LogP contribution in [0.4, 0.5) is 4.39 Å². The molecule has 1 amide bonds. The van der Waals surface area contributed by atoms with Crippen molar-refractivity contribution in [2.24, 2.45) is 10.7 Å². The summed E-state index contributed by atoms with van der Waals surface area (Å²) in [6, 6.07) is 13.2. The number of carbonyl (C=O) groups is 1. The van der Waals surface area contributed by atoms with E-state index in [4.69, 9.17) is 10.5 Å². The molecule has 0 aromatic heterocycles. The number of amides is 1. The molecule has 1 unspecified atom stereocenters. The summed E-state index contributed by atoms with van der Waals surface area (Å²) < 4.78 is 19.2. The monoisotopic (exact) mass is 514 g/mol. The molecule has 0 aliphatic heterocycles. The summed E-state index contributed by atoms with van der Waals surface area (Å²) in [7, 11) is 0. The largest absolute Gasteiger partial charge is 0.489 e. The minimum absolute atomic E-state index is 0. The van der Waals surface area contributed by atoms with Gasteiger partial charge in [-0.05, 0) is 43.2 Å². The highest BCUT2D eigenvalue weighted by atomic mass is 127. The predicted octanol–water partition coefficient (Wildman–Crippen LogP) is 3.46. The number of primary amides is 1. The first-order chi connectivity index (χ1) is 13.5. The first kappa shape index (κ1) is 24.7. The maximum Gasteiger partial charge on any atom is 0.248 e. The lowest BCUT2D eigenvalue weighted by atomic mass is 10.1. The molecule has 0 saturated carbocycles. The van der Waals surface area contributed by atoms with Gasteiger partial charge in [-0.2, -0.15) is 0 Å². The van der Waals surface area contributed by atoms with Gasteiger partial charge >= 0.3 is 0 Å². The summed E-state index contributed by atoms with van der Waals surface area (Å²) in [6.07, 6.45) is 0.637. The Bertz CT molecular complexity index is 800. The Hall–Kier alpha value is -2.36. The van der Waals surface area contributed by atoms with Crippen molar-refractivity contribution < 1.29 is 13.9 Å². The normalized spacial score (nSPS) is 11.9. The van der Waals surface area contributed by atoms with E-state index in [0.717, 1.165) is 12.0 Å². The fourth-order valence-electron chi connectivity index (χ4n) is 2.50. The van der Waals surface area contributed by atoms with Gasteiger partial charge in [0.05, 0.1) is 13.1 Å². The van der Waals surface area contributed by atoms with E-state index in [9.17, 15) is 9.18 Å². The van der Waals surface area contributed by atoms with Gasteiger partial charge in [0.25, 0.3) is 0 Å². The molecule has 0 radical (unpaired) electrons. The second kappa shape index (κ2) is 13.0. The molecular weight excluding hydrogens is 486 g/mol. The molecule has 8 heteroatoms. The molecule has 0 aliphatic rings. The summed E-state index contributed by atoms with van der Waals surface area (Å²) >= 11 is 0. The number of halogens is 2. The number of hydrogen-bond donors (Lipinski definition) is 3. The standard InChI is InChI=1S/C21H27FN4O2.HI/c1-3-18(28-19-7-5-6-17(22)12-19)14-26-21(24-4-2)25-13-15-8-10-16(11-9-15)20(23)27;/h5-12,18H,3-4,13-14H2,1-2H3,(H2,23,27)(H2,24,25,26);1H. The number of carbonyl (C=O) groups excluding carboxylic acids is 1. The molecule has 29 heavy (non-hydrogen) atoms. The van der Waals surface area contributed by atoms with Gasteiger partial charge < -0.3 is 21.1 Å². The lowest BCUT2D eigenvalue weighted by Gasteiger charge is -2.20. The Balaban J connectivity index is 0.00000420. The zero-order valence-electron chi connectivity index (χ0n) is 16.7. The van der Waals surface area contributed by atoms with Crippen LogP contribution in [-0.2, 0) is 6.54 Å². The van der Waals surface area contributed by atoms with Crippen LogP contribution in [0.25, 0.3) is 0 Å². The van der Waals surface area contributed by atoms with Crippen LogP contribution in [0.5, 0.6) is 5.75 Å². The van der Waals surface area contributed by atoms with E-state index in [1.54, 1.807) is 24.3 Å². The molecule has 158 valence electrons. The summed E-state index contributed by atoms with van der Waals surface area (Å²) in [4.78, 5) is 15.7. The van der Waals surface area contributed by atoms with E-state index in [2.05, 4.69) is 15.6 Å². The second-order valence-corrected chi connectivity index (χ2v) is 6.24. The van der Waals surface area contributed by atoms with Crippen molar-refractivity contribution in [2.45, 2.75) is 32.9 Å². The third-order valence-corrected chi connectivity index (χ3v) is 4.05. The van der Waals surface area contributed by atoms with Crippen molar-refractivity contribution in [1.29, 1.82) is 0 Å². The molecule has 0 bridgehead atoms. The molecule has 2 aromatic carbocycles. The van der Waals surface area contributed by atoms with Gasteiger partial charge in [0.15, 0.2) is 5.96 Å². The van der Waals surface area contributed by atoms with Crippen LogP contribution in [0.1, 0.15) is 36.2 Å². The maximum absolute atomic E-state index is 13.3. The number of nitrogens with zero attached hydrogens (tertiary/aromatic N) is 1. The smallest absolute Gasteiger partial charge is 0.248 e. The summed E-state index contributed by atoms with van der Waals surface area (Å²) in [5, 5.41) is 6.44. The summed E-state index contributed by atoms with van der Waals surface area (Å²) in [5.41, 5.74) is 6.68. The average Bonchev–Trinajstić information content (AvgIpc) is 2.69. The molecule has 4 N–H and O–H groups in total. The fourth-order valence-corrected chi connectivity index (χ4v) is 2.50. The van der Waals surface area contributed by atoms with Crippen molar-refractivity contribution in [3.05, 3.63) is 65.5 Å². The van der Waals surface area contributed by atoms with Crippen LogP contribution in [0.3, 0.4) is 0 Å². The van der Waals surface area contributed by atoms with Crippen LogP contribution in [0.2, 0.25) is 0 Å². The number of rotatable bonds is 9. The van der Waals surface area contributed by atoms with Crippen molar-refractivity contribution in [2.75, 3.05) is 13.1 Å². The third kappa shape index (κ3) is 8.68. The van der Waals surface area contributed by atoms with Gasteiger partial charge in [-0.25, -0.2) is 9.38 Å². The molecule has 6 nitrogen and oxygen atoms in total. The van der Waals surface area contributed by atoms with E-state index < -0.39 is 5.91 Å². The van der Waals surface area contributed by atoms with Crippen LogP contribution in [-0.4, -0.2) is 31.1 Å². The Morgan fingerprint density at radius 3 is 2.48 bits per heavy atom. The Morgan fingerprint density at radius 2 is 1.90 bits per heavy atom. The first-order valence-corrected chi connectivity index (χ1v) is 9.35. The van der Waals surface area contributed by atoms with Crippen molar-refractivity contribution >= 4 is 35.8 Å². The van der Waals surface area contributed by atoms with Crippen molar-refractivity contribution in [3.63, 3.8) is 0 Å². The number of ether oxygens (including phenoxy) is 1. The van der Waals surface area contributed by atoms with Gasteiger partial charge in [-0.3, -0.25) is 4.79 Å². The Labute approximate surface area is 188 Å². The highest BCUT2D eigenvalue weighted by Crippen LogP contribution is 2.14. The molecule has 0 fully saturated rings. The number of nitrogens with one attached hydrogen (secondary N) is 2. The minimum Gasteiger partial charge on any atom is -0.489 e. The van der Waals surface area contributed by atoms with Gasteiger partial charge in [0.2, 0.25) is 5.91 Å². The molecule has 2 rings (SSSR count). The van der Waals surface area contributed by atoms with Gasteiger partial charge in [-0.1, -0.05) is 25.1 Å². The van der Waals surface area contributed by atoms with E-state index in [1.165, 1.54) is 12.1 Å². The van der Waals surface area contributed by atoms with E-state index in [1.807, 2.05) is 26.0 Å². The molecule has 2 aromatic rings. The quantitative estimate of drug-likeness (QED) is 0.272. The zero-order chi connectivity index (χ0) is 20.4. The molecule has 0 aliphatic carbocycles. The van der Waals surface area contributed by atoms with Crippen LogP contribution in [0, 0.1) is 5.82 Å². The SMILES string of the molecule is CCNC(=NCc1ccc(C(N)=O)cc1)NCC(CC)Oc1cccc(F)c1.I. The van der Waals surface area contributed by atoms with E-state index in [-0.39, 0.29) is 35.9 Å². The second-order valence-electron chi connectivity index (χ2n) is 6.24. The molecule has 0 saturated heterocycles. The van der Waals surface area contributed by atoms with Crippen molar-refractivity contribution in [1.82, 2.24) is 10.6 Å². The maximum atomic E-state index is 13.3. The average molecular weight is 514 g/mol. The summed E-state index contributed by atoms with van der Waals surface area (Å²) in [5.74, 6) is 0.388. The van der Waals surface area contributed by atoms with Crippen LogP contribution < -0.4 is 21.1 Å². The van der Waals surface area contributed by atoms with Crippen molar-refractivity contribution in [3.8, 4) is 5.75 Å². The van der Waals surface area contributed by atoms with Gasteiger partial charge in [0.1, 0.15) is 17.7 Å². The van der Waals surface area contributed by atoms with Crippen LogP contribution >= 0.6 is 24.0 Å². The highest BCUT2D eigenvalue weighted by Gasteiger charge is 2.10. The zero-order valence-corrected chi connectivity index (χ0v) is 19.0. The number of guanidine groups is 1. The lowest BCUT2D eigenvalue weighted by Crippen LogP contribution is -2.42. The highest BCUT2D eigenvalue weighted by molar-refractivity contribution is 14.0. The van der Waals surface area contributed by atoms with Gasteiger partial charge in [0, 0.05) is 18.2 Å². The van der Waals surface area contributed by atoms with E-state index >= 15 is 0 Å². The topological polar surface area (TPSA) is 88.7 Å². The van der Waals surface area contributed by atoms with Crippen LogP contribution in [0.15, 0.2) is 53.5 Å². The van der Waals surface area contributed by atoms with E-state index in [0.29, 0.717) is 36.9 Å². The molecule has 0 spiro atoms. The minimum atomic E-state index is -0.450. The predicted molar refractivity (Wildman–Crippen MR) is 124 cm³/mol. The molecule has 1 atom stereocenters. The van der Waals surface area contributed by atoms with Gasteiger partial charge in [-0.15, -0.1) is 24.0 Å².